The second kappa shape index (κ2) is 7.53. The van der Waals surface area contributed by atoms with Gasteiger partial charge in [0.05, 0.1) is 16.4 Å². The van der Waals surface area contributed by atoms with Gasteiger partial charge in [0, 0.05) is 17.4 Å². The van der Waals surface area contributed by atoms with Crippen LogP contribution in [-0.2, 0) is 19.4 Å². The molecule has 0 amide bonds. The molecule has 1 aromatic carbocycles. The van der Waals surface area contributed by atoms with Gasteiger partial charge in [0.1, 0.15) is 0 Å². The van der Waals surface area contributed by atoms with Gasteiger partial charge in [-0.15, -0.1) is 11.6 Å². The smallest absolute Gasteiger partial charge is 0.0847 e. The third-order valence-corrected chi connectivity index (χ3v) is 4.77. The minimum Gasteiger partial charge on any atom is -0.268 e. The van der Waals surface area contributed by atoms with Crippen molar-refractivity contribution in [2.24, 2.45) is 5.92 Å². The van der Waals surface area contributed by atoms with Crippen molar-refractivity contribution in [1.82, 2.24) is 9.78 Å². The van der Waals surface area contributed by atoms with Crippen LogP contribution in [0.25, 0.3) is 0 Å². The highest BCUT2D eigenvalue weighted by Crippen LogP contribution is 2.25. The topological polar surface area (TPSA) is 17.8 Å². The molecule has 1 aromatic heterocycles. The Morgan fingerprint density at radius 2 is 1.81 bits per heavy atom. The summed E-state index contributed by atoms with van der Waals surface area (Å²) in [6.45, 7) is 4.83. The average molecular weight is 346 g/mol. The summed E-state index contributed by atoms with van der Waals surface area (Å²) < 4.78 is 1.97. The van der Waals surface area contributed by atoms with Gasteiger partial charge < -0.3 is 0 Å². The molecule has 0 fully saturated rings. The summed E-state index contributed by atoms with van der Waals surface area (Å²) in [5.41, 5.74) is 3.20. The van der Waals surface area contributed by atoms with Crippen molar-refractivity contribution in [3.63, 3.8) is 0 Å². The third-order valence-electron chi connectivity index (χ3n) is 3.59. The van der Waals surface area contributed by atoms with Crippen LogP contribution < -0.4 is 0 Å². The first-order valence-electron chi connectivity index (χ1n) is 7.07. The molecule has 0 saturated carbocycles. The minimum atomic E-state index is 0.326. The molecule has 2 nitrogen and oxygen atoms in total. The molecule has 0 spiro atoms. The van der Waals surface area contributed by atoms with E-state index in [1.165, 1.54) is 5.56 Å². The van der Waals surface area contributed by atoms with E-state index in [0.29, 0.717) is 11.8 Å². The monoisotopic (exact) mass is 344 g/mol. The summed E-state index contributed by atoms with van der Waals surface area (Å²) in [6.07, 6.45) is 1.74. The highest BCUT2D eigenvalue weighted by molar-refractivity contribution is 6.32. The van der Waals surface area contributed by atoms with Crippen LogP contribution in [0.5, 0.6) is 0 Å². The number of nitrogens with zero attached hydrogens (tertiary/aromatic N) is 2. The summed E-state index contributed by atoms with van der Waals surface area (Å²) in [5, 5.41) is 5.98. The lowest BCUT2D eigenvalue weighted by Crippen LogP contribution is -2.14. The Bertz CT molecular complexity index is 590. The lowest BCUT2D eigenvalue weighted by atomic mass is 9.96. The molecule has 114 valence electrons. The maximum Gasteiger partial charge on any atom is 0.0847 e. The summed E-state index contributed by atoms with van der Waals surface area (Å²) in [4.78, 5) is 0. The zero-order chi connectivity index (χ0) is 15.4. The molecular weight excluding hydrogens is 327 g/mol. The molecule has 1 unspecified atom stereocenters. The van der Waals surface area contributed by atoms with Crippen LogP contribution in [0, 0.1) is 12.8 Å². The van der Waals surface area contributed by atoms with E-state index < -0.39 is 0 Å². The zero-order valence-electron chi connectivity index (χ0n) is 12.2. The van der Waals surface area contributed by atoms with Crippen molar-refractivity contribution in [2.45, 2.75) is 33.2 Å². The zero-order valence-corrected chi connectivity index (χ0v) is 14.5. The third kappa shape index (κ3) is 4.15. The fourth-order valence-corrected chi connectivity index (χ4v) is 3.03. The number of hydrogen-bond acceptors (Lipinski definition) is 1. The Labute approximate surface area is 141 Å². The Kier molecular flexibility index (Phi) is 5.98. The normalized spacial score (nSPS) is 12.6. The van der Waals surface area contributed by atoms with Gasteiger partial charge in [-0.3, -0.25) is 4.68 Å². The molecule has 1 heterocycles. The van der Waals surface area contributed by atoms with E-state index in [1.54, 1.807) is 0 Å². The highest BCUT2D eigenvalue weighted by Gasteiger charge is 2.18. The van der Waals surface area contributed by atoms with E-state index in [2.05, 4.69) is 12.0 Å². The van der Waals surface area contributed by atoms with Crippen LogP contribution >= 0.6 is 34.8 Å². The minimum absolute atomic E-state index is 0.326. The van der Waals surface area contributed by atoms with Crippen molar-refractivity contribution in [2.75, 3.05) is 5.88 Å². The molecule has 21 heavy (non-hydrogen) atoms. The second-order valence-corrected chi connectivity index (χ2v) is 6.34. The molecule has 2 rings (SSSR count). The summed E-state index contributed by atoms with van der Waals surface area (Å²) in [5.74, 6) is 0.916. The van der Waals surface area contributed by atoms with Gasteiger partial charge in [0.25, 0.3) is 0 Å². The standard InChI is InChI=1S/C16H19Cl3N2/c1-3-21-15(16(19)11(2)20-21)9-13(10-17)8-12-4-6-14(18)7-5-12/h4-7,13H,3,8-10H2,1-2H3. The van der Waals surface area contributed by atoms with E-state index in [0.717, 1.165) is 40.8 Å². The fraction of sp³-hybridized carbons (Fsp3) is 0.438. The van der Waals surface area contributed by atoms with Crippen molar-refractivity contribution < 1.29 is 0 Å². The highest BCUT2D eigenvalue weighted by atomic mass is 35.5. The van der Waals surface area contributed by atoms with E-state index in [-0.39, 0.29) is 0 Å². The average Bonchev–Trinajstić information content (AvgIpc) is 2.76. The Balaban J connectivity index is 2.14. The number of hydrogen-bond donors (Lipinski definition) is 0. The van der Waals surface area contributed by atoms with Gasteiger partial charge in [-0.2, -0.15) is 5.10 Å². The van der Waals surface area contributed by atoms with Gasteiger partial charge in [0.15, 0.2) is 0 Å². The van der Waals surface area contributed by atoms with E-state index >= 15 is 0 Å². The Hall–Kier alpha value is -0.700. The van der Waals surface area contributed by atoms with Crippen molar-refractivity contribution >= 4 is 34.8 Å². The SMILES string of the molecule is CCn1nc(C)c(Cl)c1CC(CCl)Cc1ccc(Cl)cc1. The van der Waals surface area contributed by atoms with Gasteiger partial charge in [-0.05, 0) is 50.3 Å². The first-order chi connectivity index (χ1) is 10.0. The molecule has 1 atom stereocenters. The van der Waals surface area contributed by atoms with Crippen LogP contribution in [0.2, 0.25) is 10.0 Å². The maximum absolute atomic E-state index is 6.37. The first kappa shape index (κ1) is 16.7. The molecule has 0 aliphatic rings. The summed E-state index contributed by atoms with van der Waals surface area (Å²) in [7, 11) is 0. The first-order valence-corrected chi connectivity index (χ1v) is 8.36. The number of alkyl halides is 1. The maximum atomic E-state index is 6.37. The van der Waals surface area contributed by atoms with Crippen LogP contribution in [0.15, 0.2) is 24.3 Å². The van der Waals surface area contributed by atoms with Crippen molar-refractivity contribution in [3.05, 3.63) is 51.3 Å². The number of aromatic nitrogens is 2. The molecule has 0 bridgehead atoms. The predicted molar refractivity (Wildman–Crippen MR) is 90.7 cm³/mol. The summed E-state index contributed by atoms with van der Waals surface area (Å²) in [6, 6.07) is 7.92. The number of aryl methyl sites for hydroxylation is 2. The molecule has 0 aliphatic carbocycles. The predicted octanol–water partition coefficient (Wildman–Crippen LogP) is 5.16. The molecule has 2 aromatic rings. The van der Waals surface area contributed by atoms with Crippen LogP contribution in [0.3, 0.4) is 0 Å². The summed E-state index contributed by atoms with van der Waals surface area (Å²) >= 11 is 18.4. The van der Waals surface area contributed by atoms with Crippen LogP contribution in [0.4, 0.5) is 0 Å². The van der Waals surface area contributed by atoms with Crippen LogP contribution in [-0.4, -0.2) is 15.7 Å². The molecule has 5 heteroatoms. The van der Waals surface area contributed by atoms with Gasteiger partial charge in [-0.25, -0.2) is 0 Å². The molecular formula is C16H19Cl3N2. The van der Waals surface area contributed by atoms with Gasteiger partial charge >= 0.3 is 0 Å². The number of halogens is 3. The number of benzene rings is 1. The lowest BCUT2D eigenvalue weighted by Gasteiger charge is -2.15. The Morgan fingerprint density at radius 3 is 2.38 bits per heavy atom. The fourth-order valence-electron chi connectivity index (χ4n) is 2.47. The lowest BCUT2D eigenvalue weighted by molar-refractivity contribution is 0.532. The number of rotatable bonds is 6. The van der Waals surface area contributed by atoms with Gasteiger partial charge in [-0.1, -0.05) is 35.3 Å². The largest absolute Gasteiger partial charge is 0.268 e. The molecule has 0 N–H and O–H groups in total. The van der Waals surface area contributed by atoms with Crippen LogP contribution in [0.1, 0.15) is 23.9 Å². The van der Waals surface area contributed by atoms with Crippen molar-refractivity contribution in [1.29, 1.82) is 0 Å². The van der Waals surface area contributed by atoms with Gasteiger partial charge in [0.2, 0.25) is 0 Å². The molecule has 0 saturated heterocycles. The van der Waals surface area contributed by atoms with E-state index in [9.17, 15) is 0 Å². The molecule has 0 radical (unpaired) electrons. The molecule has 0 aliphatic heterocycles. The second-order valence-electron chi connectivity index (χ2n) is 5.22. The van der Waals surface area contributed by atoms with Crippen molar-refractivity contribution in [3.8, 4) is 0 Å². The quantitative estimate of drug-likeness (QED) is 0.661. The van der Waals surface area contributed by atoms with E-state index in [1.807, 2.05) is 35.9 Å². The Morgan fingerprint density at radius 1 is 1.14 bits per heavy atom. The van der Waals surface area contributed by atoms with E-state index in [4.69, 9.17) is 34.8 Å².